The fourth-order valence-electron chi connectivity index (χ4n) is 2.25. The van der Waals surface area contributed by atoms with Gasteiger partial charge in [-0.1, -0.05) is 38.3 Å². The Morgan fingerprint density at radius 2 is 1.76 bits per heavy atom. The quantitative estimate of drug-likeness (QED) is 0.479. The predicted molar refractivity (Wildman–Crippen MR) is 88.6 cm³/mol. The normalized spacial score (nSPS) is 10.4. The third-order valence-corrected chi connectivity index (χ3v) is 3.64. The van der Waals surface area contributed by atoms with Gasteiger partial charge in [-0.3, -0.25) is 4.79 Å². The highest BCUT2D eigenvalue weighted by molar-refractivity contribution is 5.68. The van der Waals surface area contributed by atoms with E-state index in [9.17, 15) is 4.79 Å². The summed E-state index contributed by atoms with van der Waals surface area (Å²) in [5.74, 6) is -0.101. The third kappa shape index (κ3) is 8.38. The summed E-state index contributed by atoms with van der Waals surface area (Å²) in [4.78, 5) is 10.9. The number of ether oxygens (including phenoxy) is 1. The molecule has 0 aromatic heterocycles. The summed E-state index contributed by atoms with van der Waals surface area (Å²) < 4.78 is 4.62. The van der Waals surface area contributed by atoms with Crippen molar-refractivity contribution >= 4 is 11.7 Å². The molecule has 1 rings (SSSR count). The number of rotatable bonds is 11. The Morgan fingerprint density at radius 3 is 2.43 bits per heavy atom. The average Bonchev–Trinajstić information content (AvgIpc) is 2.52. The molecule has 21 heavy (non-hydrogen) atoms. The van der Waals surface area contributed by atoms with Crippen molar-refractivity contribution in [2.24, 2.45) is 0 Å². The number of aryl methyl sites for hydroxylation is 1. The second kappa shape index (κ2) is 11.2. The number of hydrogen-bond donors (Lipinski definition) is 1. The van der Waals surface area contributed by atoms with Gasteiger partial charge in [-0.2, -0.15) is 0 Å². The van der Waals surface area contributed by atoms with Gasteiger partial charge < -0.3 is 10.1 Å². The Morgan fingerprint density at radius 1 is 1.05 bits per heavy atom. The van der Waals surface area contributed by atoms with Crippen LogP contribution in [0.3, 0.4) is 0 Å². The number of carbonyl (C=O) groups excluding carboxylic acids is 1. The molecule has 0 aliphatic carbocycles. The van der Waals surface area contributed by atoms with E-state index in [2.05, 4.69) is 41.2 Å². The van der Waals surface area contributed by atoms with Crippen LogP contribution < -0.4 is 5.32 Å². The Hall–Kier alpha value is -1.51. The largest absolute Gasteiger partial charge is 0.469 e. The standard InChI is InChI=1S/C18H29NO2/c1-3-4-9-16-11-13-17(14-12-16)19-15-8-6-5-7-10-18(20)21-2/h11-14,19H,3-10,15H2,1-2H3. The first-order chi connectivity index (χ1) is 10.3. The maximum absolute atomic E-state index is 10.9. The molecule has 0 saturated carbocycles. The number of carbonyl (C=O) groups is 1. The molecule has 0 aliphatic heterocycles. The SMILES string of the molecule is CCCCc1ccc(NCCCCCCC(=O)OC)cc1. The van der Waals surface area contributed by atoms with Crippen molar-refractivity contribution in [2.75, 3.05) is 19.0 Å². The molecule has 0 fully saturated rings. The van der Waals surface area contributed by atoms with Gasteiger partial charge in [-0.25, -0.2) is 0 Å². The van der Waals surface area contributed by atoms with Crippen LogP contribution in [0, 0.1) is 0 Å². The smallest absolute Gasteiger partial charge is 0.305 e. The van der Waals surface area contributed by atoms with Crippen molar-refractivity contribution in [1.82, 2.24) is 0 Å². The summed E-state index contributed by atoms with van der Waals surface area (Å²) in [6, 6.07) is 8.77. The molecule has 118 valence electrons. The van der Waals surface area contributed by atoms with E-state index in [1.165, 1.54) is 37.6 Å². The van der Waals surface area contributed by atoms with Crippen LogP contribution >= 0.6 is 0 Å². The summed E-state index contributed by atoms with van der Waals surface area (Å²) >= 11 is 0. The van der Waals surface area contributed by atoms with E-state index in [0.717, 1.165) is 32.2 Å². The van der Waals surface area contributed by atoms with Gasteiger partial charge in [0.15, 0.2) is 0 Å². The molecule has 1 aromatic rings. The lowest BCUT2D eigenvalue weighted by Gasteiger charge is -2.07. The lowest BCUT2D eigenvalue weighted by molar-refractivity contribution is -0.140. The van der Waals surface area contributed by atoms with Gasteiger partial charge in [-0.15, -0.1) is 0 Å². The second-order valence-electron chi connectivity index (χ2n) is 5.47. The monoisotopic (exact) mass is 291 g/mol. The number of unbranched alkanes of at least 4 members (excludes halogenated alkanes) is 4. The van der Waals surface area contributed by atoms with Crippen molar-refractivity contribution in [3.63, 3.8) is 0 Å². The molecule has 3 heteroatoms. The number of anilines is 1. The first kappa shape index (κ1) is 17.5. The van der Waals surface area contributed by atoms with E-state index >= 15 is 0 Å². The summed E-state index contributed by atoms with van der Waals surface area (Å²) in [5, 5.41) is 3.45. The minimum absolute atomic E-state index is 0.101. The van der Waals surface area contributed by atoms with Crippen molar-refractivity contribution < 1.29 is 9.53 Å². The first-order valence-corrected chi connectivity index (χ1v) is 8.16. The van der Waals surface area contributed by atoms with Gasteiger partial charge in [0.05, 0.1) is 7.11 Å². The van der Waals surface area contributed by atoms with Crippen LogP contribution in [0.4, 0.5) is 5.69 Å². The molecule has 0 heterocycles. The van der Waals surface area contributed by atoms with E-state index in [1.54, 1.807) is 0 Å². The van der Waals surface area contributed by atoms with Crippen molar-refractivity contribution in [1.29, 1.82) is 0 Å². The van der Waals surface area contributed by atoms with Crippen LogP contribution in [0.15, 0.2) is 24.3 Å². The van der Waals surface area contributed by atoms with Crippen LogP contribution in [0.1, 0.15) is 57.4 Å². The third-order valence-electron chi connectivity index (χ3n) is 3.64. The zero-order valence-corrected chi connectivity index (χ0v) is 13.5. The summed E-state index contributed by atoms with van der Waals surface area (Å²) in [7, 11) is 1.44. The number of nitrogens with one attached hydrogen (secondary N) is 1. The highest BCUT2D eigenvalue weighted by Crippen LogP contribution is 2.12. The number of benzene rings is 1. The van der Waals surface area contributed by atoms with Crippen LogP contribution in [-0.2, 0) is 16.0 Å². The van der Waals surface area contributed by atoms with E-state index in [1.807, 2.05) is 0 Å². The summed E-state index contributed by atoms with van der Waals surface area (Å²) in [6.07, 6.45) is 8.54. The Kier molecular flexibility index (Phi) is 9.34. The van der Waals surface area contributed by atoms with Gasteiger partial charge in [0.1, 0.15) is 0 Å². The molecule has 1 N–H and O–H groups in total. The maximum atomic E-state index is 10.9. The lowest BCUT2D eigenvalue weighted by Crippen LogP contribution is -2.02. The van der Waals surface area contributed by atoms with Crippen molar-refractivity contribution in [3.8, 4) is 0 Å². The fourth-order valence-corrected chi connectivity index (χ4v) is 2.25. The number of esters is 1. The second-order valence-corrected chi connectivity index (χ2v) is 5.47. The summed E-state index contributed by atoms with van der Waals surface area (Å²) in [6.45, 7) is 3.22. The molecule has 0 amide bonds. The lowest BCUT2D eigenvalue weighted by atomic mass is 10.1. The minimum Gasteiger partial charge on any atom is -0.469 e. The van der Waals surface area contributed by atoms with E-state index in [4.69, 9.17) is 0 Å². The van der Waals surface area contributed by atoms with Crippen LogP contribution in [0.5, 0.6) is 0 Å². The fraction of sp³-hybridized carbons (Fsp3) is 0.611. The minimum atomic E-state index is -0.101. The predicted octanol–water partition coefficient (Wildman–Crippen LogP) is 4.56. The molecule has 0 bridgehead atoms. The van der Waals surface area contributed by atoms with Gasteiger partial charge in [0.2, 0.25) is 0 Å². The molecule has 0 spiro atoms. The molecule has 0 aliphatic rings. The molecule has 1 aromatic carbocycles. The molecule has 0 unspecified atom stereocenters. The van der Waals surface area contributed by atoms with Gasteiger partial charge in [0, 0.05) is 18.7 Å². The molecule has 0 saturated heterocycles. The van der Waals surface area contributed by atoms with Gasteiger partial charge in [-0.05, 0) is 43.4 Å². The molecule has 0 atom stereocenters. The highest BCUT2D eigenvalue weighted by Gasteiger charge is 1.99. The van der Waals surface area contributed by atoms with Crippen molar-refractivity contribution in [2.45, 2.75) is 58.3 Å². The Balaban J connectivity index is 2.06. The first-order valence-electron chi connectivity index (χ1n) is 8.16. The van der Waals surface area contributed by atoms with Crippen molar-refractivity contribution in [3.05, 3.63) is 29.8 Å². The Bertz CT molecular complexity index is 387. The highest BCUT2D eigenvalue weighted by atomic mass is 16.5. The Labute approximate surface area is 129 Å². The molecule has 0 radical (unpaired) electrons. The maximum Gasteiger partial charge on any atom is 0.305 e. The number of methoxy groups -OCH3 is 1. The van der Waals surface area contributed by atoms with E-state index in [0.29, 0.717) is 6.42 Å². The topological polar surface area (TPSA) is 38.3 Å². The van der Waals surface area contributed by atoms with Crippen LogP contribution in [-0.4, -0.2) is 19.6 Å². The zero-order chi connectivity index (χ0) is 15.3. The van der Waals surface area contributed by atoms with E-state index < -0.39 is 0 Å². The van der Waals surface area contributed by atoms with E-state index in [-0.39, 0.29) is 5.97 Å². The van der Waals surface area contributed by atoms with Gasteiger partial charge >= 0.3 is 5.97 Å². The zero-order valence-electron chi connectivity index (χ0n) is 13.5. The molecular formula is C18H29NO2. The molecular weight excluding hydrogens is 262 g/mol. The van der Waals surface area contributed by atoms with Crippen LogP contribution in [0.25, 0.3) is 0 Å². The molecule has 3 nitrogen and oxygen atoms in total. The van der Waals surface area contributed by atoms with Crippen LogP contribution in [0.2, 0.25) is 0 Å². The number of hydrogen-bond acceptors (Lipinski definition) is 3. The average molecular weight is 291 g/mol. The van der Waals surface area contributed by atoms with Gasteiger partial charge in [0.25, 0.3) is 0 Å². The summed E-state index contributed by atoms with van der Waals surface area (Å²) in [5.41, 5.74) is 2.62.